The standard InChI is InChI=1S/C49H42BN/c1-5-45(47-16-10-15-46(35(47)4)41-26-22-39(23-27-41)44-14-9-11-36(31-44)32-51)40-24-19-37(20-25-40)33(2)17-18-38-21-28-43-29-30-48(50-49(43)34(38)3)42-12-7-6-8-13-42/h6-31,34,45H,5H2,1-4H3/b33-17+,38-18-. The van der Waals surface area contributed by atoms with Crippen molar-refractivity contribution in [2.75, 3.05) is 0 Å². The first kappa shape index (κ1) is 33.7. The molecule has 0 saturated heterocycles. The van der Waals surface area contributed by atoms with Crippen LogP contribution >= 0.6 is 0 Å². The third kappa shape index (κ3) is 7.12. The van der Waals surface area contributed by atoms with Gasteiger partial charge in [-0.25, -0.2) is 0 Å². The summed E-state index contributed by atoms with van der Waals surface area (Å²) in [5, 5.41) is 9.32. The summed E-state index contributed by atoms with van der Waals surface area (Å²) in [7, 11) is 0. The van der Waals surface area contributed by atoms with Crippen LogP contribution in [-0.2, 0) is 0 Å². The summed E-state index contributed by atoms with van der Waals surface area (Å²) < 4.78 is 0. The van der Waals surface area contributed by atoms with Crippen LogP contribution in [-0.4, -0.2) is 6.91 Å². The van der Waals surface area contributed by atoms with Gasteiger partial charge in [-0.1, -0.05) is 61.5 Å². The fourth-order valence-electron chi connectivity index (χ4n) is 7.51. The quantitative estimate of drug-likeness (QED) is 0.160. The van der Waals surface area contributed by atoms with E-state index in [1.807, 2.05) is 18.2 Å². The summed E-state index contributed by atoms with van der Waals surface area (Å²) in [4.78, 5) is 0. The first-order valence-electron chi connectivity index (χ1n) is 18.0. The predicted molar refractivity (Wildman–Crippen MR) is 218 cm³/mol. The Morgan fingerprint density at radius 1 is 0.765 bits per heavy atom. The summed E-state index contributed by atoms with van der Waals surface area (Å²) in [6.45, 7) is 11.4. The van der Waals surface area contributed by atoms with Gasteiger partial charge < -0.3 is 0 Å². The van der Waals surface area contributed by atoms with E-state index in [0.717, 1.165) is 17.5 Å². The average Bonchev–Trinajstić information content (AvgIpc) is 3.19. The van der Waals surface area contributed by atoms with Crippen LogP contribution in [0.2, 0.25) is 0 Å². The molecule has 0 bridgehead atoms. The zero-order valence-electron chi connectivity index (χ0n) is 29.9. The minimum absolute atomic E-state index is 0.312. The molecule has 0 radical (unpaired) electrons. The van der Waals surface area contributed by atoms with Gasteiger partial charge in [-0.05, 0) is 46.9 Å². The first-order valence-corrected chi connectivity index (χ1v) is 18.0. The van der Waals surface area contributed by atoms with Crippen LogP contribution in [0.25, 0.3) is 44.9 Å². The maximum atomic E-state index is 9.32. The van der Waals surface area contributed by atoms with Gasteiger partial charge in [-0.15, -0.1) is 0 Å². The second kappa shape index (κ2) is 15.0. The van der Waals surface area contributed by atoms with Crippen LogP contribution in [0.5, 0.6) is 0 Å². The Balaban J connectivity index is 1.09. The Morgan fingerprint density at radius 3 is 2.24 bits per heavy atom. The summed E-state index contributed by atoms with van der Waals surface area (Å²) in [6, 6.07) is 49.8. The van der Waals surface area contributed by atoms with Crippen molar-refractivity contribution in [2.24, 2.45) is 0 Å². The van der Waals surface area contributed by atoms with Gasteiger partial charge in [-0.3, -0.25) is 0 Å². The second-order valence-electron chi connectivity index (χ2n) is 13.7. The number of hydrogen-bond donors (Lipinski definition) is 0. The molecule has 246 valence electrons. The summed E-state index contributed by atoms with van der Waals surface area (Å²) in [6.07, 6.45) is 10.1. The molecule has 6 aromatic rings. The van der Waals surface area contributed by atoms with E-state index in [1.54, 1.807) is 0 Å². The molecule has 7 rings (SSSR count). The number of benzene rings is 5. The number of nitrogens with zero attached hydrogens (tertiary/aromatic N) is 1. The van der Waals surface area contributed by atoms with E-state index in [2.05, 4.69) is 180 Å². The van der Waals surface area contributed by atoms with Crippen molar-refractivity contribution in [1.29, 1.82) is 5.26 Å². The van der Waals surface area contributed by atoms with E-state index < -0.39 is 0 Å². The van der Waals surface area contributed by atoms with Crippen LogP contribution in [0.4, 0.5) is 0 Å². The number of hydrogen-bond acceptors (Lipinski definition) is 1. The number of allylic oxidation sites excluding steroid dienone is 5. The van der Waals surface area contributed by atoms with Gasteiger partial charge in [0.15, 0.2) is 0 Å². The summed E-state index contributed by atoms with van der Waals surface area (Å²) in [5.41, 5.74) is 18.4. The van der Waals surface area contributed by atoms with E-state index in [1.165, 1.54) is 66.6 Å². The van der Waals surface area contributed by atoms with E-state index in [0.29, 0.717) is 17.4 Å². The molecular weight excluding hydrogens is 613 g/mol. The van der Waals surface area contributed by atoms with Gasteiger partial charge in [0.25, 0.3) is 0 Å². The van der Waals surface area contributed by atoms with Crippen molar-refractivity contribution in [3.05, 3.63) is 196 Å². The summed E-state index contributed by atoms with van der Waals surface area (Å²) >= 11 is 0. The zero-order valence-corrected chi connectivity index (χ0v) is 29.9. The molecule has 1 aromatic heterocycles. The van der Waals surface area contributed by atoms with Crippen molar-refractivity contribution in [1.82, 2.24) is 0 Å². The van der Waals surface area contributed by atoms with Crippen LogP contribution in [0.15, 0.2) is 157 Å². The number of nitriles is 1. The van der Waals surface area contributed by atoms with Crippen LogP contribution in [0, 0.1) is 18.3 Å². The van der Waals surface area contributed by atoms with Gasteiger partial charge in [0, 0.05) is 0 Å². The maximum absolute atomic E-state index is 9.32. The molecule has 2 atom stereocenters. The van der Waals surface area contributed by atoms with Crippen LogP contribution < -0.4 is 0 Å². The van der Waals surface area contributed by atoms with Gasteiger partial charge in [-0.2, -0.15) is 5.26 Å². The third-order valence-electron chi connectivity index (χ3n) is 10.6. The van der Waals surface area contributed by atoms with Crippen molar-refractivity contribution in [2.45, 2.75) is 46.0 Å². The molecule has 2 unspecified atom stereocenters. The Morgan fingerprint density at radius 2 is 1.49 bits per heavy atom. The van der Waals surface area contributed by atoms with E-state index >= 15 is 0 Å². The normalized spacial score (nSPS) is 15.2. The summed E-state index contributed by atoms with van der Waals surface area (Å²) in [5.74, 6) is 0.635. The van der Waals surface area contributed by atoms with E-state index in [9.17, 15) is 5.26 Å². The molecule has 0 N–H and O–H groups in total. The minimum atomic E-state index is 0.312. The van der Waals surface area contributed by atoms with Crippen LogP contribution in [0.3, 0.4) is 0 Å². The van der Waals surface area contributed by atoms with Gasteiger partial charge in [0.05, 0.1) is 11.6 Å². The molecule has 1 aliphatic rings. The van der Waals surface area contributed by atoms with E-state index in [-0.39, 0.29) is 0 Å². The molecule has 1 nitrogen and oxygen atoms in total. The fraction of sp³-hybridized carbons (Fsp3) is 0.143. The topological polar surface area (TPSA) is 23.8 Å². The molecule has 0 fully saturated rings. The van der Waals surface area contributed by atoms with Crippen molar-refractivity contribution in [3.8, 4) is 39.3 Å². The van der Waals surface area contributed by atoms with E-state index in [4.69, 9.17) is 0 Å². The third-order valence-corrected chi connectivity index (χ3v) is 10.6. The Kier molecular flexibility index (Phi) is 9.91. The van der Waals surface area contributed by atoms with Crippen LogP contribution in [0.1, 0.15) is 77.9 Å². The molecule has 0 aliphatic heterocycles. The molecule has 5 aromatic carbocycles. The predicted octanol–water partition coefficient (Wildman–Crippen LogP) is 12.9. The first-order chi connectivity index (χ1) is 24.9. The Hall–Kier alpha value is -5.78. The monoisotopic (exact) mass is 655 g/mol. The van der Waals surface area contributed by atoms with Gasteiger partial charge in [0.2, 0.25) is 0 Å². The SMILES string of the molecule is CCC(c1ccc(/C(C)=C/C=C2/C=Cc3ccc(-c4ccccc4)bc3C2C)cc1)c1cccc(-c2ccc(-c3cccc(C#N)c3)cc2)c1C. The molecule has 0 spiro atoms. The molecule has 1 heterocycles. The Bertz CT molecular complexity index is 2320. The Labute approximate surface area is 304 Å². The minimum Gasteiger partial charge on any atom is -0.192 e. The zero-order chi connectivity index (χ0) is 35.3. The molecule has 2 heteroatoms. The van der Waals surface area contributed by atoms with Crippen molar-refractivity contribution < 1.29 is 0 Å². The fourth-order valence-corrected chi connectivity index (χ4v) is 7.51. The number of rotatable bonds is 8. The van der Waals surface area contributed by atoms with Crippen molar-refractivity contribution in [3.63, 3.8) is 0 Å². The molecular formula is C49H42BN. The molecule has 51 heavy (non-hydrogen) atoms. The average molecular weight is 656 g/mol. The molecule has 0 saturated carbocycles. The molecule has 0 amide bonds. The van der Waals surface area contributed by atoms with Gasteiger partial charge in [0.1, 0.15) is 0 Å². The van der Waals surface area contributed by atoms with Gasteiger partial charge >= 0.3 is 180 Å². The smallest absolute Gasteiger partial charge is 0.192 e. The second-order valence-corrected chi connectivity index (χ2v) is 13.7. The van der Waals surface area contributed by atoms with Crippen molar-refractivity contribution >= 4 is 18.6 Å². The molecule has 1 aliphatic carbocycles. The number of fused-ring (bicyclic) bond motifs is 1.